The van der Waals surface area contributed by atoms with Crippen molar-refractivity contribution in [2.75, 3.05) is 32.6 Å². The summed E-state index contributed by atoms with van der Waals surface area (Å²) in [5.41, 5.74) is 2.92. The van der Waals surface area contributed by atoms with E-state index in [1.54, 1.807) is 11.3 Å². The molecule has 0 saturated heterocycles. The molecule has 0 fully saturated rings. The van der Waals surface area contributed by atoms with Gasteiger partial charge in [0.2, 0.25) is 0 Å². The zero-order valence-electron chi connectivity index (χ0n) is 12.2. The van der Waals surface area contributed by atoms with E-state index in [9.17, 15) is 0 Å². The molecule has 1 atom stereocenters. The Labute approximate surface area is 124 Å². The standard InChI is InChI=1S/C15H21N3OS/c1-12(15-10-16-11-20-15)17-13-5-4-6-14(9-13)19-8-7-18(2)3/h4-6,9-12,17H,7-8H2,1-3H3. The molecule has 0 aliphatic carbocycles. The molecule has 0 saturated carbocycles. The molecule has 2 aromatic rings. The Balaban J connectivity index is 1.92. The zero-order valence-corrected chi connectivity index (χ0v) is 13.0. The maximum atomic E-state index is 5.74. The number of nitrogens with one attached hydrogen (secondary N) is 1. The van der Waals surface area contributed by atoms with Gasteiger partial charge in [-0.25, -0.2) is 0 Å². The first-order chi connectivity index (χ1) is 9.65. The number of nitrogens with zero attached hydrogens (tertiary/aromatic N) is 2. The van der Waals surface area contributed by atoms with Crippen molar-refractivity contribution in [3.8, 4) is 5.75 Å². The fourth-order valence-electron chi connectivity index (χ4n) is 1.78. The van der Waals surface area contributed by atoms with E-state index in [4.69, 9.17) is 4.74 Å². The predicted molar refractivity (Wildman–Crippen MR) is 84.6 cm³/mol. The van der Waals surface area contributed by atoms with Crippen LogP contribution in [-0.2, 0) is 0 Å². The van der Waals surface area contributed by atoms with Crippen molar-refractivity contribution < 1.29 is 4.74 Å². The fourth-order valence-corrected chi connectivity index (χ4v) is 2.41. The van der Waals surface area contributed by atoms with E-state index in [1.165, 1.54) is 4.88 Å². The van der Waals surface area contributed by atoms with E-state index in [2.05, 4.69) is 28.2 Å². The number of benzene rings is 1. The maximum Gasteiger partial charge on any atom is 0.121 e. The van der Waals surface area contributed by atoms with Crippen molar-refractivity contribution >= 4 is 17.0 Å². The molecule has 0 aliphatic heterocycles. The van der Waals surface area contributed by atoms with Gasteiger partial charge < -0.3 is 15.0 Å². The number of rotatable bonds is 7. The molecule has 108 valence electrons. The van der Waals surface area contributed by atoms with Crippen LogP contribution in [0.2, 0.25) is 0 Å². The minimum atomic E-state index is 0.250. The lowest BCUT2D eigenvalue weighted by Crippen LogP contribution is -2.19. The fraction of sp³-hybridized carbons (Fsp3) is 0.400. The quantitative estimate of drug-likeness (QED) is 0.849. The zero-order chi connectivity index (χ0) is 14.4. The van der Waals surface area contributed by atoms with Crippen LogP contribution in [0.25, 0.3) is 0 Å². The van der Waals surface area contributed by atoms with Crippen LogP contribution in [0.1, 0.15) is 17.8 Å². The third-order valence-corrected chi connectivity index (χ3v) is 3.86. The number of likely N-dealkylation sites (N-methyl/N-ethyl adjacent to an activating group) is 1. The van der Waals surface area contributed by atoms with Crippen LogP contribution < -0.4 is 10.1 Å². The summed E-state index contributed by atoms with van der Waals surface area (Å²) in [5.74, 6) is 0.897. The summed E-state index contributed by atoms with van der Waals surface area (Å²) in [7, 11) is 4.08. The summed E-state index contributed by atoms with van der Waals surface area (Å²) < 4.78 is 5.74. The van der Waals surface area contributed by atoms with E-state index in [1.807, 2.05) is 44.0 Å². The van der Waals surface area contributed by atoms with Crippen molar-refractivity contribution in [1.82, 2.24) is 9.88 Å². The highest BCUT2D eigenvalue weighted by Gasteiger charge is 2.07. The van der Waals surface area contributed by atoms with Crippen molar-refractivity contribution in [3.63, 3.8) is 0 Å². The van der Waals surface area contributed by atoms with Gasteiger partial charge in [-0.15, -0.1) is 11.3 Å². The molecule has 1 aromatic carbocycles. The summed E-state index contributed by atoms with van der Waals surface area (Å²) in [6, 6.07) is 8.33. The maximum absolute atomic E-state index is 5.74. The summed E-state index contributed by atoms with van der Waals surface area (Å²) >= 11 is 1.66. The molecule has 0 bridgehead atoms. The molecule has 20 heavy (non-hydrogen) atoms. The van der Waals surface area contributed by atoms with Gasteiger partial charge in [0.15, 0.2) is 0 Å². The molecule has 1 heterocycles. The smallest absolute Gasteiger partial charge is 0.121 e. The molecule has 0 aliphatic rings. The number of aromatic nitrogens is 1. The third kappa shape index (κ3) is 4.51. The van der Waals surface area contributed by atoms with E-state index >= 15 is 0 Å². The van der Waals surface area contributed by atoms with Gasteiger partial charge in [0, 0.05) is 29.4 Å². The van der Waals surface area contributed by atoms with Crippen LogP contribution in [0, 0.1) is 0 Å². The number of hydrogen-bond acceptors (Lipinski definition) is 5. The second-order valence-corrected chi connectivity index (χ2v) is 5.87. The third-order valence-electron chi connectivity index (χ3n) is 2.90. The highest BCUT2D eigenvalue weighted by atomic mass is 32.1. The molecule has 2 rings (SSSR count). The minimum Gasteiger partial charge on any atom is -0.492 e. The normalized spacial score (nSPS) is 12.4. The van der Waals surface area contributed by atoms with Crippen LogP contribution >= 0.6 is 11.3 Å². The first-order valence-corrected chi connectivity index (χ1v) is 7.55. The van der Waals surface area contributed by atoms with E-state index in [0.717, 1.165) is 18.0 Å². The highest BCUT2D eigenvalue weighted by Crippen LogP contribution is 2.24. The number of ether oxygens (including phenoxy) is 1. The topological polar surface area (TPSA) is 37.4 Å². The van der Waals surface area contributed by atoms with Gasteiger partial charge in [-0.3, -0.25) is 4.98 Å². The molecular formula is C15H21N3OS. The molecule has 4 nitrogen and oxygen atoms in total. The van der Waals surface area contributed by atoms with Crippen LogP contribution in [0.15, 0.2) is 36.0 Å². The number of anilines is 1. The average Bonchev–Trinajstić information content (AvgIpc) is 2.92. The summed E-state index contributed by atoms with van der Waals surface area (Å²) in [6.45, 7) is 3.74. The van der Waals surface area contributed by atoms with Gasteiger partial charge in [0.25, 0.3) is 0 Å². The van der Waals surface area contributed by atoms with Gasteiger partial charge in [0.1, 0.15) is 12.4 Å². The molecule has 0 radical (unpaired) electrons. The van der Waals surface area contributed by atoms with Crippen LogP contribution in [0.5, 0.6) is 5.75 Å². The van der Waals surface area contributed by atoms with Gasteiger partial charge >= 0.3 is 0 Å². The van der Waals surface area contributed by atoms with Crippen LogP contribution in [0.4, 0.5) is 5.69 Å². The molecule has 0 amide bonds. The highest BCUT2D eigenvalue weighted by molar-refractivity contribution is 7.09. The Morgan fingerprint density at radius 1 is 1.40 bits per heavy atom. The van der Waals surface area contributed by atoms with Crippen LogP contribution in [0.3, 0.4) is 0 Å². The van der Waals surface area contributed by atoms with Crippen molar-refractivity contribution in [2.24, 2.45) is 0 Å². The SMILES string of the molecule is CC(Nc1cccc(OCCN(C)C)c1)c1cncs1. The van der Waals surface area contributed by atoms with Gasteiger partial charge in [-0.2, -0.15) is 0 Å². The Bertz CT molecular complexity index is 514. The van der Waals surface area contributed by atoms with Gasteiger partial charge in [-0.05, 0) is 33.2 Å². The monoisotopic (exact) mass is 291 g/mol. The lowest BCUT2D eigenvalue weighted by Gasteiger charge is -2.15. The largest absolute Gasteiger partial charge is 0.492 e. The number of hydrogen-bond donors (Lipinski definition) is 1. The lowest BCUT2D eigenvalue weighted by molar-refractivity contribution is 0.261. The van der Waals surface area contributed by atoms with Gasteiger partial charge in [0.05, 0.1) is 11.6 Å². The summed E-state index contributed by atoms with van der Waals surface area (Å²) in [5, 5.41) is 3.46. The lowest BCUT2D eigenvalue weighted by atomic mass is 10.2. The first kappa shape index (κ1) is 14.8. The molecule has 0 spiro atoms. The summed E-state index contributed by atoms with van der Waals surface area (Å²) in [6.07, 6.45) is 1.90. The number of thiazole rings is 1. The minimum absolute atomic E-state index is 0.250. The van der Waals surface area contributed by atoms with Crippen molar-refractivity contribution in [3.05, 3.63) is 40.8 Å². The Kier molecular flexibility index (Phi) is 5.38. The Morgan fingerprint density at radius 2 is 2.25 bits per heavy atom. The van der Waals surface area contributed by atoms with E-state index < -0.39 is 0 Å². The first-order valence-electron chi connectivity index (χ1n) is 6.67. The second-order valence-electron chi connectivity index (χ2n) is 4.95. The molecule has 1 N–H and O–H groups in total. The second kappa shape index (κ2) is 7.26. The molecule has 1 unspecified atom stereocenters. The Morgan fingerprint density at radius 3 is 2.95 bits per heavy atom. The van der Waals surface area contributed by atoms with Crippen molar-refractivity contribution in [1.29, 1.82) is 0 Å². The molecule has 1 aromatic heterocycles. The summed E-state index contributed by atoms with van der Waals surface area (Å²) in [4.78, 5) is 7.44. The predicted octanol–water partition coefficient (Wildman–Crippen LogP) is 3.26. The van der Waals surface area contributed by atoms with Gasteiger partial charge in [-0.1, -0.05) is 6.07 Å². The van der Waals surface area contributed by atoms with E-state index in [-0.39, 0.29) is 6.04 Å². The van der Waals surface area contributed by atoms with Crippen molar-refractivity contribution in [2.45, 2.75) is 13.0 Å². The van der Waals surface area contributed by atoms with E-state index in [0.29, 0.717) is 6.61 Å². The average molecular weight is 291 g/mol. The molecule has 5 heteroatoms. The Hall–Kier alpha value is -1.59. The molecular weight excluding hydrogens is 270 g/mol. The van der Waals surface area contributed by atoms with Crippen LogP contribution in [-0.4, -0.2) is 37.1 Å².